The zero-order chi connectivity index (χ0) is 9.84. The maximum absolute atomic E-state index is 10.4. The molecule has 0 amide bonds. The summed E-state index contributed by atoms with van der Waals surface area (Å²) in [7, 11) is 0. The van der Waals surface area contributed by atoms with E-state index in [9.17, 15) is 4.79 Å². The van der Waals surface area contributed by atoms with Crippen molar-refractivity contribution in [3.63, 3.8) is 0 Å². The number of aryl methyl sites for hydroxylation is 1. The van der Waals surface area contributed by atoms with Crippen LogP contribution in [0.25, 0.3) is 0 Å². The van der Waals surface area contributed by atoms with Crippen molar-refractivity contribution in [1.29, 1.82) is 0 Å². The zero-order valence-corrected chi connectivity index (χ0v) is 7.69. The van der Waals surface area contributed by atoms with Gasteiger partial charge in [0.1, 0.15) is 0 Å². The van der Waals surface area contributed by atoms with Gasteiger partial charge in [-0.1, -0.05) is 6.92 Å². The van der Waals surface area contributed by atoms with Gasteiger partial charge < -0.3 is 5.11 Å². The fraction of sp³-hybridized carbons (Fsp3) is 0.444. The summed E-state index contributed by atoms with van der Waals surface area (Å²) in [5.74, 6) is -0.888. The molecule has 70 valence electrons. The molecule has 1 aromatic rings. The summed E-state index contributed by atoms with van der Waals surface area (Å²) < 4.78 is 0. The first-order valence-corrected chi connectivity index (χ1v) is 4.10. The van der Waals surface area contributed by atoms with E-state index in [1.165, 1.54) is 0 Å². The molecule has 0 aromatic carbocycles. The minimum absolute atomic E-state index is 0.0788. The fourth-order valence-corrected chi connectivity index (χ4v) is 1.09. The number of aromatic nitrogens is 2. The molecule has 0 spiro atoms. The molecule has 1 heterocycles. The number of aliphatic carboxylic acids is 1. The Kier molecular flexibility index (Phi) is 2.95. The molecule has 13 heavy (non-hydrogen) atoms. The first-order valence-electron chi connectivity index (χ1n) is 4.10. The Morgan fingerprint density at radius 2 is 2.31 bits per heavy atom. The van der Waals surface area contributed by atoms with Gasteiger partial charge in [0.05, 0.1) is 17.8 Å². The van der Waals surface area contributed by atoms with Gasteiger partial charge in [0.25, 0.3) is 0 Å². The van der Waals surface area contributed by atoms with Crippen molar-refractivity contribution >= 4 is 5.97 Å². The van der Waals surface area contributed by atoms with Gasteiger partial charge in [-0.25, -0.2) is 0 Å². The van der Waals surface area contributed by atoms with Crippen molar-refractivity contribution in [1.82, 2.24) is 9.97 Å². The van der Waals surface area contributed by atoms with Gasteiger partial charge >= 0.3 is 5.97 Å². The fourth-order valence-electron chi connectivity index (χ4n) is 1.09. The lowest BCUT2D eigenvalue weighted by Crippen LogP contribution is -2.05. The van der Waals surface area contributed by atoms with Crippen LogP contribution in [0.3, 0.4) is 0 Å². The number of carboxylic acids is 1. The van der Waals surface area contributed by atoms with E-state index >= 15 is 0 Å². The van der Waals surface area contributed by atoms with Gasteiger partial charge in [-0.05, 0) is 6.92 Å². The molecular weight excluding hydrogens is 168 g/mol. The summed E-state index contributed by atoms with van der Waals surface area (Å²) in [6.07, 6.45) is 3.36. The lowest BCUT2D eigenvalue weighted by molar-refractivity contribution is -0.137. The maximum atomic E-state index is 10.4. The van der Waals surface area contributed by atoms with Gasteiger partial charge in [-0.15, -0.1) is 0 Å². The third-order valence-electron chi connectivity index (χ3n) is 1.76. The standard InChI is InChI=1S/C9H12N2O2/c1-6(3-9(12)13)8-5-10-4-7(2)11-8/h4-6H,3H2,1-2H3,(H,12,13). The smallest absolute Gasteiger partial charge is 0.304 e. The molecule has 0 aliphatic rings. The SMILES string of the molecule is Cc1cncc(C(C)CC(=O)O)n1. The third-order valence-corrected chi connectivity index (χ3v) is 1.76. The van der Waals surface area contributed by atoms with Gasteiger partial charge in [-0.3, -0.25) is 14.8 Å². The summed E-state index contributed by atoms with van der Waals surface area (Å²) >= 11 is 0. The largest absolute Gasteiger partial charge is 0.481 e. The molecule has 0 fully saturated rings. The molecule has 1 aromatic heterocycles. The number of hydrogen-bond donors (Lipinski definition) is 1. The van der Waals surface area contributed by atoms with Gasteiger partial charge in [0.15, 0.2) is 0 Å². The van der Waals surface area contributed by atoms with Crippen LogP contribution in [0.5, 0.6) is 0 Å². The van der Waals surface area contributed by atoms with Crippen LogP contribution in [0.1, 0.15) is 30.7 Å². The predicted molar refractivity (Wildman–Crippen MR) is 47.4 cm³/mol. The first-order chi connectivity index (χ1) is 6.09. The van der Waals surface area contributed by atoms with Crippen LogP contribution in [0.15, 0.2) is 12.4 Å². The van der Waals surface area contributed by atoms with Gasteiger partial charge in [-0.2, -0.15) is 0 Å². The topological polar surface area (TPSA) is 63.1 Å². The summed E-state index contributed by atoms with van der Waals surface area (Å²) in [5.41, 5.74) is 1.55. The highest BCUT2D eigenvalue weighted by molar-refractivity contribution is 5.67. The first kappa shape index (κ1) is 9.64. The molecule has 0 saturated carbocycles. The summed E-state index contributed by atoms with van der Waals surface area (Å²) in [6.45, 7) is 3.67. The number of hydrogen-bond acceptors (Lipinski definition) is 3. The molecular formula is C9H12N2O2. The molecule has 0 aliphatic heterocycles. The van der Waals surface area contributed by atoms with E-state index in [0.29, 0.717) is 0 Å². The van der Waals surface area contributed by atoms with Gasteiger partial charge in [0.2, 0.25) is 0 Å². The minimum atomic E-state index is -0.809. The van der Waals surface area contributed by atoms with Crippen LogP contribution in [0.4, 0.5) is 0 Å². The molecule has 4 nitrogen and oxygen atoms in total. The summed E-state index contributed by atoms with van der Waals surface area (Å²) in [6, 6.07) is 0. The van der Waals surface area contributed by atoms with E-state index < -0.39 is 5.97 Å². The predicted octanol–water partition coefficient (Wildman–Crippen LogP) is 1.36. The molecule has 0 radical (unpaired) electrons. The quantitative estimate of drug-likeness (QED) is 0.762. The van der Waals surface area contributed by atoms with Crippen LogP contribution >= 0.6 is 0 Å². The molecule has 0 bridgehead atoms. The molecule has 1 rings (SSSR count). The Hall–Kier alpha value is -1.45. The molecule has 0 saturated heterocycles. The zero-order valence-electron chi connectivity index (χ0n) is 7.69. The Labute approximate surface area is 76.7 Å². The minimum Gasteiger partial charge on any atom is -0.481 e. The van der Waals surface area contributed by atoms with E-state index in [2.05, 4.69) is 9.97 Å². The van der Waals surface area contributed by atoms with Crippen LogP contribution in [-0.4, -0.2) is 21.0 Å². The average molecular weight is 180 g/mol. The molecule has 0 aliphatic carbocycles. The highest BCUT2D eigenvalue weighted by atomic mass is 16.4. The van der Waals surface area contributed by atoms with E-state index in [4.69, 9.17) is 5.11 Å². The summed E-state index contributed by atoms with van der Waals surface area (Å²) in [4.78, 5) is 18.6. The van der Waals surface area contributed by atoms with Crippen molar-refractivity contribution in [2.24, 2.45) is 0 Å². The normalized spacial score (nSPS) is 12.5. The van der Waals surface area contributed by atoms with E-state index in [-0.39, 0.29) is 12.3 Å². The average Bonchev–Trinajstić information content (AvgIpc) is 2.03. The number of nitrogens with zero attached hydrogens (tertiary/aromatic N) is 2. The Morgan fingerprint density at radius 1 is 1.62 bits per heavy atom. The second-order valence-corrected chi connectivity index (χ2v) is 3.08. The Morgan fingerprint density at radius 3 is 2.85 bits per heavy atom. The lowest BCUT2D eigenvalue weighted by Gasteiger charge is -2.07. The Balaban J connectivity index is 2.76. The van der Waals surface area contributed by atoms with Crippen molar-refractivity contribution in [2.45, 2.75) is 26.2 Å². The number of carboxylic acid groups (broad SMARTS) is 1. The highest BCUT2D eigenvalue weighted by Gasteiger charge is 2.11. The van der Waals surface area contributed by atoms with Crippen LogP contribution < -0.4 is 0 Å². The lowest BCUT2D eigenvalue weighted by atomic mass is 10.0. The number of rotatable bonds is 3. The third kappa shape index (κ3) is 2.82. The van der Waals surface area contributed by atoms with Crippen molar-refractivity contribution in [3.8, 4) is 0 Å². The second-order valence-electron chi connectivity index (χ2n) is 3.08. The van der Waals surface area contributed by atoms with Crippen molar-refractivity contribution in [3.05, 3.63) is 23.8 Å². The molecule has 4 heteroatoms. The summed E-state index contributed by atoms with van der Waals surface area (Å²) in [5, 5.41) is 8.57. The molecule has 1 N–H and O–H groups in total. The van der Waals surface area contributed by atoms with E-state index in [1.54, 1.807) is 12.4 Å². The monoisotopic (exact) mass is 180 g/mol. The van der Waals surface area contributed by atoms with Crippen molar-refractivity contribution in [2.75, 3.05) is 0 Å². The Bertz CT molecular complexity index is 312. The molecule has 1 atom stereocenters. The highest BCUT2D eigenvalue weighted by Crippen LogP contribution is 2.15. The van der Waals surface area contributed by atoms with Crippen LogP contribution in [-0.2, 0) is 4.79 Å². The van der Waals surface area contributed by atoms with Crippen LogP contribution in [0, 0.1) is 6.92 Å². The number of carbonyl (C=O) groups is 1. The van der Waals surface area contributed by atoms with Gasteiger partial charge in [0, 0.05) is 18.3 Å². The molecule has 1 unspecified atom stereocenters. The van der Waals surface area contributed by atoms with Crippen LogP contribution in [0.2, 0.25) is 0 Å². The van der Waals surface area contributed by atoms with E-state index in [0.717, 1.165) is 11.4 Å². The van der Waals surface area contributed by atoms with E-state index in [1.807, 2.05) is 13.8 Å². The maximum Gasteiger partial charge on any atom is 0.304 e. The van der Waals surface area contributed by atoms with Crippen molar-refractivity contribution < 1.29 is 9.90 Å². The second kappa shape index (κ2) is 3.98.